The minimum absolute atomic E-state index is 0.240. The molecule has 0 spiro atoms. The summed E-state index contributed by atoms with van der Waals surface area (Å²) in [6.45, 7) is 2.72. The number of nitrogens with one attached hydrogen (secondary N) is 1. The van der Waals surface area contributed by atoms with Crippen LogP contribution in [0.1, 0.15) is 290 Å². The van der Waals surface area contributed by atoms with Crippen molar-refractivity contribution in [3.05, 3.63) is 60.8 Å². The lowest BCUT2D eigenvalue weighted by molar-refractivity contribution is -0.359. The highest BCUT2D eigenvalue weighted by Crippen LogP contribution is 2.30. The standard InChI is InChI=1S/C71H129NO13/c1-3-5-7-9-11-13-15-17-19-21-23-25-27-29-31-32-34-36-38-40-42-44-46-48-50-52-54-60(75)59(58-82-70-68(81)66(79)69(62(57-74)84-70)85-71-67(80)65(78)64(77)61(56-73)83-71)72-63(76)55-53-51-49-47-45-43-41-39-37-35-33-30-28-26-24-22-20-18-16-14-12-10-8-6-4-2/h6,8,12,14,18,20,24,26,52,54,59-62,64-71,73-75,77-81H,3-5,7,9-11,13,15-17,19,21-23,25,27-51,53,55-58H2,1-2H3,(H,72,76)/b8-6-,14-12-,20-18-,26-24-,54-52+. The first kappa shape index (κ1) is 78.8. The summed E-state index contributed by atoms with van der Waals surface area (Å²) in [4.78, 5) is 13.3. The summed E-state index contributed by atoms with van der Waals surface area (Å²) >= 11 is 0. The number of amides is 1. The molecule has 0 aromatic heterocycles. The first-order valence-corrected chi connectivity index (χ1v) is 35.0. The van der Waals surface area contributed by atoms with Gasteiger partial charge >= 0.3 is 0 Å². The van der Waals surface area contributed by atoms with Crippen LogP contribution in [0, 0.1) is 0 Å². The number of allylic oxidation sites excluding steroid dienone is 9. The van der Waals surface area contributed by atoms with Gasteiger partial charge in [0.2, 0.25) is 5.91 Å². The molecule has 0 aliphatic carbocycles. The van der Waals surface area contributed by atoms with Crippen LogP contribution in [0.2, 0.25) is 0 Å². The summed E-state index contributed by atoms with van der Waals surface area (Å²) in [6.07, 6.45) is 56.9. The third-order valence-electron chi connectivity index (χ3n) is 17.0. The summed E-state index contributed by atoms with van der Waals surface area (Å²) in [6, 6.07) is -0.919. The topological polar surface area (TPSA) is 228 Å². The first-order valence-electron chi connectivity index (χ1n) is 35.0. The van der Waals surface area contributed by atoms with E-state index in [-0.39, 0.29) is 18.9 Å². The van der Waals surface area contributed by atoms with Crippen LogP contribution in [0.4, 0.5) is 0 Å². The van der Waals surface area contributed by atoms with Gasteiger partial charge in [-0.3, -0.25) is 4.79 Å². The van der Waals surface area contributed by atoms with Crippen molar-refractivity contribution in [1.82, 2.24) is 5.32 Å². The molecule has 2 rings (SSSR count). The van der Waals surface area contributed by atoms with E-state index in [4.69, 9.17) is 18.9 Å². The van der Waals surface area contributed by atoms with E-state index in [9.17, 15) is 45.6 Å². The summed E-state index contributed by atoms with van der Waals surface area (Å²) in [5.74, 6) is -0.240. The zero-order chi connectivity index (χ0) is 61.6. The lowest BCUT2D eigenvalue weighted by Crippen LogP contribution is -2.65. The van der Waals surface area contributed by atoms with Crippen molar-refractivity contribution in [2.24, 2.45) is 0 Å². The van der Waals surface area contributed by atoms with Crippen LogP contribution in [-0.2, 0) is 23.7 Å². The van der Waals surface area contributed by atoms with E-state index in [1.165, 1.54) is 193 Å². The van der Waals surface area contributed by atoms with Crippen LogP contribution < -0.4 is 5.32 Å². The van der Waals surface area contributed by atoms with Crippen molar-refractivity contribution in [2.75, 3.05) is 19.8 Å². The van der Waals surface area contributed by atoms with Gasteiger partial charge in [-0.05, 0) is 57.8 Å². The Morgan fingerprint density at radius 2 is 0.812 bits per heavy atom. The molecule has 2 heterocycles. The molecule has 0 aromatic rings. The van der Waals surface area contributed by atoms with E-state index in [2.05, 4.69) is 67.8 Å². The number of hydrogen-bond acceptors (Lipinski definition) is 13. The van der Waals surface area contributed by atoms with Crippen LogP contribution in [0.5, 0.6) is 0 Å². The minimum Gasteiger partial charge on any atom is -0.394 e. The largest absolute Gasteiger partial charge is 0.394 e. The quantitative estimate of drug-likeness (QED) is 0.0204. The Bertz CT molecular complexity index is 1660. The number of hydrogen-bond donors (Lipinski definition) is 9. The van der Waals surface area contributed by atoms with Crippen LogP contribution >= 0.6 is 0 Å². The highest BCUT2D eigenvalue weighted by molar-refractivity contribution is 5.76. The molecule has 2 fully saturated rings. The minimum atomic E-state index is -1.79. The Morgan fingerprint density at radius 1 is 0.435 bits per heavy atom. The third kappa shape index (κ3) is 40.1. The monoisotopic (exact) mass is 1200 g/mol. The molecule has 2 saturated heterocycles. The molecule has 14 nitrogen and oxygen atoms in total. The fraction of sp³-hybridized carbons (Fsp3) is 0.845. The Kier molecular flexibility index (Phi) is 51.7. The third-order valence-corrected chi connectivity index (χ3v) is 17.0. The average Bonchev–Trinajstić information content (AvgIpc) is 3.29. The molecule has 0 saturated carbocycles. The van der Waals surface area contributed by atoms with E-state index >= 15 is 0 Å². The SMILES string of the molecule is CC/C=C\C/C=C\C/C=C\C/C=C\CCCCCCCCCCCCCCC(=O)NC(COC1OC(CO)C(OC2OC(CO)C(O)C(O)C2O)C(O)C1O)C(O)/C=C/CCCCCCCCCCCCCCCCCCCCCCCCCC. The van der Waals surface area contributed by atoms with Crippen LogP contribution in [-0.4, -0.2) is 140 Å². The van der Waals surface area contributed by atoms with Gasteiger partial charge in [-0.1, -0.05) is 286 Å². The van der Waals surface area contributed by atoms with Crippen molar-refractivity contribution in [2.45, 2.75) is 364 Å². The molecule has 9 N–H and O–H groups in total. The van der Waals surface area contributed by atoms with Crippen LogP contribution in [0.3, 0.4) is 0 Å². The maximum atomic E-state index is 13.3. The maximum absolute atomic E-state index is 13.3. The second-order valence-electron chi connectivity index (χ2n) is 24.6. The van der Waals surface area contributed by atoms with Gasteiger partial charge in [0.05, 0.1) is 32.0 Å². The van der Waals surface area contributed by atoms with Crippen LogP contribution in [0.25, 0.3) is 0 Å². The first-order chi connectivity index (χ1) is 41.6. The van der Waals surface area contributed by atoms with Gasteiger partial charge in [0.25, 0.3) is 0 Å². The highest BCUT2D eigenvalue weighted by atomic mass is 16.7. The molecule has 2 aliphatic rings. The van der Waals surface area contributed by atoms with Gasteiger partial charge in [0, 0.05) is 6.42 Å². The summed E-state index contributed by atoms with van der Waals surface area (Å²) in [7, 11) is 0. The van der Waals surface area contributed by atoms with Crippen molar-refractivity contribution < 1.29 is 64.6 Å². The van der Waals surface area contributed by atoms with E-state index in [1.807, 2.05) is 6.08 Å². The van der Waals surface area contributed by atoms with E-state index in [0.717, 1.165) is 70.6 Å². The Morgan fingerprint density at radius 3 is 1.25 bits per heavy atom. The molecule has 85 heavy (non-hydrogen) atoms. The number of aliphatic hydroxyl groups excluding tert-OH is 8. The number of unbranched alkanes of at least 4 members (excludes halogenated alkanes) is 36. The molecule has 12 unspecified atom stereocenters. The second kappa shape index (κ2) is 55.7. The molecule has 2 aliphatic heterocycles. The molecular weight excluding hydrogens is 1070 g/mol. The number of ether oxygens (including phenoxy) is 4. The van der Waals surface area contributed by atoms with Gasteiger partial charge in [-0.2, -0.15) is 0 Å². The van der Waals surface area contributed by atoms with Crippen molar-refractivity contribution in [3.8, 4) is 0 Å². The molecule has 14 heteroatoms. The number of rotatable bonds is 57. The summed E-state index contributed by atoms with van der Waals surface area (Å²) in [5, 5.41) is 87.5. The second-order valence-corrected chi connectivity index (χ2v) is 24.6. The molecule has 12 atom stereocenters. The zero-order valence-corrected chi connectivity index (χ0v) is 53.8. The Hall–Kier alpha value is -2.31. The Balaban J connectivity index is 1.69. The Labute approximate surface area is 517 Å². The van der Waals surface area contributed by atoms with Gasteiger partial charge in [0.15, 0.2) is 12.6 Å². The smallest absolute Gasteiger partial charge is 0.220 e. The molecular formula is C71H129NO13. The van der Waals surface area contributed by atoms with Gasteiger partial charge in [0.1, 0.15) is 48.8 Å². The van der Waals surface area contributed by atoms with Gasteiger partial charge < -0.3 is 65.1 Å². The van der Waals surface area contributed by atoms with Crippen LogP contribution in [0.15, 0.2) is 60.8 Å². The number of carbonyl (C=O) groups excluding carboxylic acids is 1. The molecule has 1 amide bonds. The fourth-order valence-electron chi connectivity index (χ4n) is 11.4. The van der Waals surface area contributed by atoms with E-state index in [1.54, 1.807) is 6.08 Å². The fourth-order valence-corrected chi connectivity index (χ4v) is 11.4. The zero-order valence-electron chi connectivity index (χ0n) is 53.8. The van der Waals surface area contributed by atoms with Gasteiger partial charge in [-0.15, -0.1) is 0 Å². The molecule has 0 aromatic carbocycles. The summed E-state index contributed by atoms with van der Waals surface area (Å²) in [5.41, 5.74) is 0. The number of aliphatic hydroxyl groups is 8. The maximum Gasteiger partial charge on any atom is 0.220 e. The van der Waals surface area contributed by atoms with Crippen molar-refractivity contribution >= 4 is 5.91 Å². The average molecular weight is 1200 g/mol. The normalized spacial score (nSPS) is 23.9. The number of carbonyl (C=O) groups is 1. The predicted octanol–water partition coefficient (Wildman–Crippen LogP) is 14.1. The highest BCUT2D eigenvalue weighted by Gasteiger charge is 2.51. The molecule has 0 bridgehead atoms. The van der Waals surface area contributed by atoms with Crippen molar-refractivity contribution in [3.63, 3.8) is 0 Å². The molecule has 496 valence electrons. The lowest BCUT2D eigenvalue weighted by atomic mass is 9.97. The predicted molar refractivity (Wildman–Crippen MR) is 346 cm³/mol. The van der Waals surface area contributed by atoms with Crippen molar-refractivity contribution in [1.29, 1.82) is 0 Å². The van der Waals surface area contributed by atoms with E-state index < -0.39 is 86.8 Å². The lowest BCUT2D eigenvalue weighted by Gasteiger charge is -2.46. The van der Waals surface area contributed by atoms with Gasteiger partial charge in [-0.25, -0.2) is 0 Å². The summed E-state index contributed by atoms with van der Waals surface area (Å²) < 4.78 is 22.9. The van der Waals surface area contributed by atoms with E-state index in [0.29, 0.717) is 6.42 Å². The molecule has 0 radical (unpaired) electrons.